The highest BCUT2D eigenvalue weighted by Crippen LogP contribution is 2.37. The molecule has 0 radical (unpaired) electrons. The van der Waals surface area contributed by atoms with Crippen molar-refractivity contribution >= 4 is 5.91 Å². The average molecular weight is 262 g/mol. The van der Waals surface area contributed by atoms with Gasteiger partial charge < -0.3 is 5.32 Å². The predicted octanol–water partition coefficient (Wildman–Crippen LogP) is 2.24. The van der Waals surface area contributed by atoms with Crippen molar-refractivity contribution in [3.05, 3.63) is 11.6 Å². The smallest absolute Gasteiger partial charge is 0.290 e. The van der Waals surface area contributed by atoms with Gasteiger partial charge in [-0.05, 0) is 37.5 Å². The van der Waals surface area contributed by atoms with Crippen molar-refractivity contribution in [3.8, 4) is 0 Å². The minimum Gasteiger partial charge on any atom is -0.349 e. The molecule has 0 spiro atoms. The number of H-pyrrole nitrogens is 1. The van der Waals surface area contributed by atoms with E-state index < -0.39 is 0 Å². The fraction of sp³-hybridized carbons (Fsp3) is 0.786. The standard InChI is InChI=1S/C14H22N4O/c1-9-3-2-4-10(7-9)8-15-14(19)13-16-12(17-18-13)11-5-6-11/h9-11H,2-8H2,1H3,(H,15,19)(H,16,17,18). The molecule has 2 aliphatic carbocycles. The van der Waals surface area contributed by atoms with Crippen molar-refractivity contribution in [1.82, 2.24) is 20.5 Å². The quantitative estimate of drug-likeness (QED) is 0.874. The fourth-order valence-corrected chi connectivity index (χ4v) is 2.98. The highest BCUT2D eigenvalue weighted by Gasteiger charge is 2.28. The summed E-state index contributed by atoms with van der Waals surface area (Å²) in [5.41, 5.74) is 0. The summed E-state index contributed by atoms with van der Waals surface area (Å²) >= 11 is 0. The summed E-state index contributed by atoms with van der Waals surface area (Å²) in [5, 5.41) is 9.86. The van der Waals surface area contributed by atoms with Crippen LogP contribution in [0.2, 0.25) is 0 Å². The first kappa shape index (κ1) is 12.6. The van der Waals surface area contributed by atoms with E-state index >= 15 is 0 Å². The number of aromatic nitrogens is 3. The molecule has 19 heavy (non-hydrogen) atoms. The molecule has 0 bridgehead atoms. The first-order valence-corrected chi connectivity index (χ1v) is 7.43. The number of amides is 1. The molecule has 2 fully saturated rings. The van der Waals surface area contributed by atoms with Crippen LogP contribution in [0.5, 0.6) is 0 Å². The molecular formula is C14H22N4O. The highest BCUT2D eigenvalue weighted by atomic mass is 16.2. The van der Waals surface area contributed by atoms with Gasteiger partial charge in [0, 0.05) is 12.5 Å². The van der Waals surface area contributed by atoms with E-state index in [1.807, 2.05) is 0 Å². The molecule has 1 aromatic heterocycles. The van der Waals surface area contributed by atoms with Gasteiger partial charge in [0.05, 0.1) is 0 Å². The van der Waals surface area contributed by atoms with Crippen LogP contribution in [0.1, 0.15) is 67.8 Å². The molecule has 1 heterocycles. The maximum absolute atomic E-state index is 12.0. The first-order valence-electron chi connectivity index (χ1n) is 7.43. The summed E-state index contributed by atoms with van der Waals surface area (Å²) in [5.74, 6) is 2.95. The number of carbonyl (C=O) groups is 1. The van der Waals surface area contributed by atoms with E-state index in [1.165, 1.54) is 25.7 Å². The van der Waals surface area contributed by atoms with Crippen LogP contribution in [-0.4, -0.2) is 27.6 Å². The zero-order valence-electron chi connectivity index (χ0n) is 11.5. The number of hydrogen-bond donors (Lipinski definition) is 2. The summed E-state index contributed by atoms with van der Waals surface area (Å²) in [7, 11) is 0. The van der Waals surface area contributed by atoms with E-state index in [4.69, 9.17) is 0 Å². The van der Waals surface area contributed by atoms with Gasteiger partial charge in [-0.1, -0.05) is 19.8 Å². The highest BCUT2D eigenvalue weighted by molar-refractivity contribution is 5.90. The zero-order valence-corrected chi connectivity index (χ0v) is 11.5. The van der Waals surface area contributed by atoms with Gasteiger partial charge in [0.2, 0.25) is 5.82 Å². The van der Waals surface area contributed by atoms with Crippen molar-refractivity contribution in [3.63, 3.8) is 0 Å². The SMILES string of the molecule is CC1CCCC(CNC(=O)c2n[nH]c(C3CC3)n2)C1. The molecule has 0 aromatic carbocycles. The van der Waals surface area contributed by atoms with Gasteiger partial charge in [0.25, 0.3) is 5.91 Å². The van der Waals surface area contributed by atoms with Crippen LogP contribution in [0.3, 0.4) is 0 Å². The van der Waals surface area contributed by atoms with Crippen LogP contribution in [-0.2, 0) is 0 Å². The zero-order chi connectivity index (χ0) is 13.2. The largest absolute Gasteiger partial charge is 0.349 e. The number of nitrogens with zero attached hydrogens (tertiary/aromatic N) is 2. The number of carbonyl (C=O) groups excluding carboxylic acids is 1. The third kappa shape index (κ3) is 3.14. The third-order valence-electron chi connectivity index (χ3n) is 4.27. The van der Waals surface area contributed by atoms with E-state index in [0.717, 1.165) is 31.1 Å². The van der Waals surface area contributed by atoms with E-state index in [9.17, 15) is 4.79 Å². The molecule has 0 aliphatic heterocycles. The Morgan fingerprint density at radius 1 is 1.37 bits per heavy atom. The van der Waals surface area contributed by atoms with Gasteiger partial charge in [-0.25, -0.2) is 4.98 Å². The molecule has 2 N–H and O–H groups in total. The van der Waals surface area contributed by atoms with Crippen LogP contribution in [0.4, 0.5) is 0 Å². The van der Waals surface area contributed by atoms with Crippen LogP contribution < -0.4 is 5.32 Å². The van der Waals surface area contributed by atoms with E-state index in [2.05, 4.69) is 27.4 Å². The Bertz CT molecular complexity index is 452. The van der Waals surface area contributed by atoms with Crippen LogP contribution in [0, 0.1) is 11.8 Å². The van der Waals surface area contributed by atoms with Crippen LogP contribution in [0.15, 0.2) is 0 Å². The van der Waals surface area contributed by atoms with Crippen molar-refractivity contribution in [2.75, 3.05) is 6.54 Å². The lowest BCUT2D eigenvalue weighted by atomic mass is 9.82. The van der Waals surface area contributed by atoms with Gasteiger partial charge >= 0.3 is 0 Å². The maximum atomic E-state index is 12.0. The first-order chi connectivity index (χ1) is 9.22. The molecule has 3 rings (SSSR count). The Morgan fingerprint density at radius 3 is 2.95 bits per heavy atom. The lowest BCUT2D eigenvalue weighted by Crippen LogP contribution is -2.32. The second-order valence-electron chi connectivity index (χ2n) is 6.17. The molecule has 5 heteroatoms. The average Bonchev–Trinajstić information content (AvgIpc) is 3.14. The molecule has 2 atom stereocenters. The van der Waals surface area contributed by atoms with E-state index in [-0.39, 0.29) is 5.91 Å². The number of aromatic amines is 1. The topological polar surface area (TPSA) is 70.7 Å². The fourth-order valence-electron chi connectivity index (χ4n) is 2.98. The Hall–Kier alpha value is -1.39. The van der Waals surface area contributed by atoms with Gasteiger partial charge in [0.1, 0.15) is 5.82 Å². The minimum absolute atomic E-state index is 0.138. The Morgan fingerprint density at radius 2 is 2.21 bits per heavy atom. The number of rotatable bonds is 4. The summed E-state index contributed by atoms with van der Waals surface area (Å²) < 4.78 is 0. The second-order valence-corrected chi connectivity index (χ2v) is 6.17. The molecule has 5 nitrogen and oxygen atoms in total. The van der Waals surface area contributed by atoms with Crippen molar-refractivity contribution in [1.29, 1.82) is 0 Å². The van der Waals surface area contributed by atoms with Crippen LogP contribution in [0.25, 0.3) is 0 Å². The van der Waals surface area contributed by atoms with Gasteiger partial charge in [-0.15, -0.1) is 5.10 Å². The molecule has 1 aromatic rings. The predicted molar refractivity (Wildman–Crippen MR) is 71.8 cm³/mol. The molecule has 2 aliphatic rings. The van der Waals surface area contributed by atoms with Crippen molar-refractivity contribution < 1.29 is 4.79 Å². The summed E-state index contributed by atoms with van der Waals surface area (Å²) in [6.45, 7) is 3.06. The summed E-state index contributed by atoms with van der Waals surface area (Å²) in [6, 6.07) is 0. The Kier molecular flexibility index (Phi) is 3.53. The van der Waals surface area contributed by atoms with E-state index in [0.29, 0.717) is 17.7 Å². The minimum atomic E-state index is -0.138. The third-order valence-corrected chi connectivity index (χ3v) is 4.27. The molecule has 104 valence electrons. The number of nitrogens with one attached hydrogen (secondary N) is 2. The maximum Gasteiger partial charge on any atom is 0.290 e. The Labute approximate surface area is 113 Å². The molecule has 1 amide bonds. The number of hydrogen-bond acceptors (Lipinski definition) is 3. The lowest BCUT2D eigenvalue weighted by molar-refractivity contribution is 0.0930. The van der Waals surface area contributed by atoms with Crippen molar-refractivity contribution in [2.24, 2.45) is 11.8 Å². The van der Waals surface area contributed by atoms with Crippen molar-refractivity contribution in [2.45, 2.75) is 51.4 Å². The van der Waals surface area contributed by atoms with Gasteiger partial charge in [-0.3, -0.25) is 9.89 Å². The van der Waals surface area contributed by atoms with E-state index in [1.54, 1.807) is 0 Å². The lowest BCUT2D eigenvalue weighted by Gasteiger charge is -2.26. The van der Waals surface area contributed by atoms with Gasteiger partial charge in [0.15, 0.2) is 0 Å². The summed E-state index contributed by atoms with van der Waals surface area (Å²) in [4.78, 5) is 16.2. The molecule has 2 saturated carbocycles. The van der Waals surface area contributed by atoms with Crippen LogP contribution >= 0.6 is 0 Å². The van der Waals surface area contributed by atoms with Gasteiger partial charge in [-0.2, -0.15) is 0 Å². The molecule has 2 unspecified atom stereocenters. The second kappa shape index (κ2) is 5.31. The summed E-state index contributed by atoms with van der Waals surface area (Å²) in [6.07, 6.45) is 7.39. The molecule has 0 saturated heterocycles. The molecular weight excluding hydrogens is 240 g/mol. The Balaban J connectivity index is 1.49. The monoisotopic (exact) mass is 262 g/mol. The normalized spacial score (nSPS) is 27.2.